The molecule has 0 aliphatic rings. The minimum absolute atomic E-state index is 0.242. The summed E-state index contributed by atoms with van der Waals surface area (Å²) in [6.07, 6.45) is 2.09. The zero-order chi connectivity index (χ0) is 13.1. The number of aromatic nitrogens is 2. The zero-order valence-electron chi connectivity index (χ0n) is 10.4. The average Bonchev–Trinajstić information content (AvgIpc) is 2.34. The Morgan fingerprint density at radius 2 is 2.06 bits per heavy atom. The van der Waals surface area contributed by atoms with Gasteiger partial charge in [0, 0.05) is 6.42 Å². The number of rotatable bonds is 2. The van der Waals surface area contributed by atoms with Gasteiger partial charge >= 0.3 is 0 Å². The molecule has 0 saturated carbocycles. The maximum Gasteiger partial charge on any atom is 0.145 e. The van der Waals surface area contributed by atoms with Gasteiger partial charge in [-0.15, -0.1) is 0 Å². The minimum atomic E-state index is 0.242. The highest BCUT2D eigenvalue weighted by Gasteiger charge is 2.05. The van der Waals surface area contributed by atoms with Gasteiger partial charge in [-0.3, -0.25) is 0 Å². The van der Waals surface area contributed by atoms with Crippen LogP contribution in [0.5, 0.6) is 0 Å². The number of benzene rings is 1. The summed E-state index contributed by atoms with van der Waals surface area (Å²) in [5.41, 5.74) is 9.63. The van der Waals surface area contributed by atoms with Gasteiger partial charge in [0.1, 0.15) is 23.3 Å². The molecule has 0 fully saturated rings. The molecule has 2 rings (SSSR count). The molecule has 90 valence electrons. The molecule has 1 heterocycles. The fraction of sp³-hybridized carbons (Fsp3) is 0.214. The number of anilines is 1. The van der Waals surface area contributed by atoms with Crippen LogP contribution in [0.25, 0.3) is 0 Å². The summed E-state index contributed by atoms with van der Waals surface area (Å²) >= 11 is 0. The van der Waals surface area contributed by atoms with Crippen molar-refractivity contribution < 1.29 is 0 Å². The number of nitrogens with two attached hydrogens (primary N) is 1. The van der Waals surface area contributed by atoms with Crippen LogP contribution in [0, 0.1) is 25.2 Å². The molecule has 1 aromatic heterocycles. The van der Waals surface area contributed by atoms with Crippen molar-refractivity contribution in [2.75, 3.05) is 5.73 Å². The minimum Gasteiger partial charge on any atom is -0.382 e. The van der Waals surface area contributed by atoms with E-state index in [2.05, 4.69) is 42.0 Å². The van der Waals surface area contributed by atoms with Crippen molar-refractivity contribution in [1.29, 1.82) is 5.26 Å². The van der Waals surface area contributed by atoms with E-state index in [-0.39, 0.29) is 5.82 Å². The van der Waals surface area contributed by atoms with Gasteiger partial charge in [0.05, 0.1) is 6.20 Å². The highest BCUT2D eigenvalue weighted by atomic mass is 14.9. The van der Waals surface area contributed by atoms with Crippen molar-refractivity contribution in [2.45, 2.75) is 20.3 Å². The number of nitrogens with zero attached hydrogens (tertiary/aromatic N) is 3. The third-order valence-corrected chi connectivity index (χ3v) is 2.92. The zero-order valence-corrected chi connectivity index (χ0v) is 10.4. The largest absolute Gasteiger partial charge is 0.382 e. The molecular formula is C14H14N4. The van der Waals surface area contributed by atoms with Crippen LogP contribution in [0.2, 0.25) is 0 Å². The summed E-state index contributed by atoms with van der Waals surface area (Å²) in [7, 11) is 0. The molecule has 4 heteroatoms. The third-order valence-electron chi connectivity index (χ3n) is 2.92. The molecule has 2 N–H and O–H groups in total. The van der Waals surface area contributed by atoms with Gasteiger partial charge in [-0.2, -0.15) is 5.26 Å². The highest BCUT2D eigenvalue weighted by Crippen LogP contribution is 2.13. The molecule has 0 amide bonds. The maximum absolute atomic E-state index is 8.76. The number of nitrogen functional groups attached to an aromatic ring is 1. The molecule has 0 radical (unpaired) electrons. The van der Waals surface area contributed by atoms with E-state index in [1.807, 2.05) is 6.07 Å². The van der Waals surface area contributed by atoms with Gasteiger partial charge in [-0.05, 0) is 30.5 Å². The SMILES string of the molecule is Cc1ccc(Cc2ncc(C#N)c(N)n2)cc1C. The van der Waals surface area contributed by atoms with Gasteiger partial charge in [0.2, 0.25) is 0 Å². The third kappa shape index (κ3) is 2.46. The fourth-order valence-electron chi connectivity index (χ4n) is 1.70. The van der Waals surface area contributed by atoms with E-state index < -0.39 is 0 Å². The lowest BCUT2D eigenvalue weighted by Crippen LogP contribution is -2.03. The summed E-state index contributed by atoms with van der Waals surface area (Å²) in [5.74, 6) is 0.876. The van der Waals surface area contributed by atoms with E-state index in [0.717, 1.165) is 5.56 Å². The molecule has 2 aromatic rings. The van der Waals surface area contributed by atoms with Crippen molar-refractivity contribution in [1.82, 2.24) is 9.97 Å². The number of hydrogen-bond donors (Lipinski definition) is 1. The van der Waals surface area contributed by atoms with Crippen LogP contribution >= 0.6 is 0 Å². The smallest absolute Gasteiger partial charge is 0.145 e. The van der Waals surface area contributed by atoms with Crippen LogP contribution in [0.3, 0.4) is 0 Å². The summed E-state index contributed by atoms with van der Waals surface area (Å²) in [6.45, 7) is 4.15. The molecule has 0 aliphatic carbocycles. The Bertz CT molecular complexity index is 626. The molecule has 0 bridgehead atoms. The first-order chi connectivity index (χ1) is 8.60. The van der Waals surface area contributed by atoms with E-state index in [9.17, 15) is 0 Å². The van der Waals surface area contributed by atoms with Gasteiger partial charge in [0.15, 0.2) is 0 Å². The summed E-state index contributed by atoms with van der Waals surface area (Å²) in [5, 5.41) is 8.76. The summed E-state index contributed by atoms with van der Waals surface area (Å²) in [6, 6.07) is 8.21. The molecule has 4 nitrogen and oxygen atoms in total. The normalized spacial score (nSPS) is 10.1. The lowest BCUT2D eigenvalue weighted by molar-refractivity contribution is 0.967. The van der Waals surface area contributed by atoms with Crippen LogP contribution in [-0.4, -0.2) is 9.97 Å². The van der Waals surface area contributed by atoms with E-state index >= 15 is 0 Å². The molecule has 1 aromatic carbocycles. The predicted molar refractivity (Wildman–Crippen MR) is 69.9 cm³/mol. The van der Waals surface area contributed by atoms with Gasteiger partial charge in [-0.25, -0.2) is 9.97 Å². The standard InChI is InChI=1S/C14H14N4/c1-9-3-4-11(5-10(9)2)6-13-17-8-12(7-15)14(16)18-13/h3-5,8H,6H2,1-2H3,(H2,16,17,18). The lowest BCUT2D eigenvalue weighted by atomic mass is 10.0. The second-order valence-corrected chi connectivity index (χ2v) is 4.29. The lowest BCUT2D eigenvalue weighted by Gasteiger charge is -2.05. The van der Waals surface area contributed by atoms with Crippen LogP contribution in [0.15, 0.2) is 24.4 Å². The summed E-state index contributed by atoms with van der Waals surface area (Å²) in [4.78, 5) is 8.28. The van der Waals surface area contributed by atoms with E-state index in [1.165, 1.54) is 17.3 Å². The second-order valence-electron chi connectivity index (χ2n) is 4.29. The van der Waals surface area contributed by atoms with Crippen LogP contribution in [-0.2, 0) is 6.42 Å². The number of hydrogen-bond acceptors (Lipinski definition) is 4. The van der Waals surface area contributed by atoms with Crippen molar-refractivity contribution in [3.8, 4) is 6.07 Å². The molecule has 0 atom stereocenters. The molecule has 0 aliphatic heterocycles. The average molecular weight is 238 g/mol. The Hall–Kier alpha value is -2.41. The number of aryl methyl sites for hydroxylation is 2. The van der Waals surface area contributed by atoms with Gasteiger partial charge in [0.25, 0.3) is 0 Å². The first kappa shape index (κ1) is 12.1. The Labute approximate surface area is 106 Å². The molecular weight excluding hydrogens is 224 g/mol. The summed E-state index contributed by atoms with van der Waals surface area (Å²) < 4.78 is 0. The monoisotopic (exact) mass is 238 g/mol. The maximum atomic E-state index is 8.76. The molecule has 18 heavy (non-hydrogen) atoms. The Morgan fingerprint density at radius 1 is 1.28 bits per heavy atom. The number of nitriles is 1. The topological polar surface area (TPSA) is 75.6 Å². The van der Waals surface area contributed by atoms with Crippen LogP contribution in [0.1, 0.15) is 28.1 Å². The van der Waals surface area contributed by atoms with Crippen molar-refractivity contribution >= 4 is 5.82 Å². The van der Waals surface area contributed by atoms with Crippen molar-refractivity contribution in [3.63, 3.8) is 0 Å². The van der Waals surface area contributed by atoms with Crippen molar-refractivity contribution in [2.24, 2.45) is 0 Å². The Balaban J connectivity index is 2.26. The van der Waals surface area contributed by atoms with Crippen molar-refractivity contribution in [3.05, 3.63) is 52.5 Å². The first-order valence-electron chi connectivity index (χ1n) is 5.68. The Kier molecular flexibility index (Phi) is 3.24. The quantitative estimate of drug-likeness (QED) is 0.869. The van der Waals surface area contributed by atoms with E-state index in [4.69, 9.17) is 11.0 Å². The van der Waals surface area contributed by atoms with E-state index in [1.54, 1.807) is 0 Å². The first-order valence-corrected chi connectivity index (χ1v) is 5.68. The van der Waals surface area contributed by atoms with E-state index in [0.29, 0.717) is 17.8 Å². The molecule has 0 spiro atoms. The van der Waals surface area contributed by atoms with Gasteiger partial charge < -0.3 is 5.73 Å². The molecule has 0 unspecified atom stereocenters. The molecule has 0 saturated heterocycles. The second kappa shape index (κ2) is 4.84. The Morgan fingerprint density at radius 3 is 2.67 bits per heavy atom. The van der Waals surface area contributed by atoms with Crippen LogP contribution in [0.4, 0.5) is 5.82 Å². The predicted octanol–water partition coefficient (Wildman–Crippen LogP) is 2.14. The van der Waals surface area contributed by atoms with Crippen LogP contribution < -0.4 is 5.73 Å². The fourth-order valence-corrected chi connectivity index (χ4v) is 1.70. The van der Waals surface area contributed by atoms with Gasteiger partial charge in [-0.1, -0.05) is 18.2 Å². The highest BCUT2D eigenvalue weighted by molar-refractivity contribution is 5.46.